The van der Waals surface area contributed by atoms with E-state index >= 15 is 0 Å². The molecule has 428 valence electrons. The minimum Gasteiger partial charge on any atom is -0.493 e. The molecule has 6 aromatic carbocycles. The number of rotatable bonds is 40. The van der Waals surface area contributed by atoms with Gasteiger partial charge in [0.05, 0.1) is 62.9 Å². The average molecular weight is 1080 g/mol. The van der Waals surface area contributed by atoms with Gasteiger partial charge in [0.1, 0.15) is 34.5 Å². The first-order chi connectivity index (χ1) is 39.4. The van der Waals surface area contributed by atoms with E-state index in [1.54, 1.807) is 0 Å². The molecule has 6 rings (SSSR count). The highest BCUT2D eigenvalue weighted by Gasteiger charge is 2.22. The molecule has 0 radical (unpaired) electrons. The van der Waals surface area contributed by atoms with Gasteiger partial charge in [-0.15, -0.1) is 0 Å². The van der Waals surface area contributed by atoms with Gasteiger partial charge >= 0.3 is 0 Å². The number of hydrogen-bond donors (Lipinski definition) is 0. The summed E-state index contributed by atoms with van der Waals surface area (Å²) in [5.74, 6) is 4.23. The lowest BCUT2D eigenvalue weighted by Gasteiger charge is -2.19. The molecule has 8 heteroatoms. The second-order valence-electron chi connectivity index (χ2n) is 21.5. The summed E-state index contributed by atoms with van der Waals surface area (Å²) in [7, 11) is 0. The third-order valence-electron chi connectivity index (χ3n) is 14.9. The Morgan fingerprint density at radius 2 is 0.675 bits per heavy atom. The fourth-order valence-electron chi connectivity index (χ4n) is 10.4. The van der Waals surface area contributed by atoms with Crippen molar-refractivity contribution < 1.29 is 28.4 Å². The van der Waals surface area contributed by atoms with Crippen LogP contribution in [0.4, 0.5) is 0 Å². The number of nitrogens with zero attached hydrogens (tertiary/aromatic N) is 2. The third-order valence-corrected chi connectivity index (χ3v) is 14.9. The second kappa shape index (κ2) is 35.9. The number of nitriles is 2. The molecule has 0 spiro atoms. The third kappa shape index (κ3) is 18.5. The van der Waals surface area contributed by atoms with Crippen LogP contribution >= 0.6 is 0 Å². The molecule has 0 aromatic heterocycles. The highest BCUT2D eigenvalue weighted by atomic mass is 16.5. The van der Waals surface area contributed by atoms with Crippen LogP contribution in [0, 0.1) is 22.7 Å². The van der Waals surface area contributed by atoms with Crippen molar-refractivity contribution in [1.82, 2.24) is 0 Å². The minimum absolute atomic E-state index is 0.447. The zero-order chi connectivity index (χ0) is 56.6. The first kappa shape index (κ1) is 62.6. The highest BCUT2D eigenvalue weighted by Crippen LogP contribution is 2.45. The fraction of sp³-hybridized carbons (Fsp3) is 0.500. The van der Waals surface area contributed by atoms with Crippen molar-refractivity contribution in [3.63, 3.8) is 0 Å². The number of hydrogen-bond acceptors (Lipinski definition) is 8. The van der Waals surface area contributed by atoms with Crippen molar-refractivity contribution in [2.45, 2.75) is 196 Å². The van der Waals surface area contributed by atoms with Gasteiger partial charge in [0, 0.05) is 49.0 Å². The van der Waals surface area contributed by atoms with Gasteiger partial charge < -0.3 is 28.4 Å². The Labute approximate surface area is 481 Å². The SMILES string of the molecule is CCCCCCOc1cc(/C=C(\C#N)c2cc(OCCCCCC)c3ccccc3c2OCCCCCC)cc2c(OCCCCCC)c(/C=C(\C#N)c3cc(OCCCCCC)c4ccccc4c3OCCCCCC)ccc12. The van der Waals surface area contributed by atoms with E-state index in [1.807, 2.05) is 48.6 Å². The van der Waals surface area contributed by atoms with Crippen LogP contribution in [0.2, 0.25) is 0 Å². The van der Waals surface area contributed by atoms with Crippen LogP contribution in [-0.4, -0.2) is 39.6 Å². The zero-order valence-electron chi connectivity index (χ0n) is 49.8. The molecule has 0 aliphatic rings. The van der Waals surface area contributed by atoms with Gasteiger partial charge in [0.25, 0.3) is 0 Å². The van der Waals surface area contributed by atoms with Crippen molar-refractivity contribution in [2.75, 3.05) is 39.6 Å². The maximum atomic E-state index is 11.4. The summed E-state index contributed by atoms with van der Waals surface area (Å²) in [5.41, 5.74) is 3.83. The monoisotopic (exact) mass is 1080 g/mol. The van der Waals surface area contributed by atoms with Crippen LogP contribution in [0.5, 0.6) is 34.5 Å². The van der Waals surface area contributed by atoms with E-state index in [0.29, 0.717) is 84.9 Å². The van der Waals surface area contributed by atoms with Crippen molar-refractivity contribution in [3.8, 4) is 46.6 Å². The van der Waals surface area contributed by atoms with Crippen LogP contribution < -0.4 is 28.4 Å². The molecule has 0 saturated heterocycles. The van der Waals surface area contributed by atoms with Gasteiger partial charge in [-0.1, -0.05) is 212 Å². The number of fused-ring (bicyclic) bond motifs is 3. The van der Waals surface area contributed by atoms with Gasteiger partial charge in [-0.05, 0) is 86.6 Å². The van der Waals surface area contributed by atoms with Crippen molar-refractivity contribution in [1.29, 1.82) is 10.5 Å². The minimum atomic E-state index is 0.447. The Bertz CT molecular complexity index is 2980. The number of allylic oxidation sites excluding steroid dienone is 2. The molecule has 8 nitrogen and oxygen atoms in total. The quantitative estimate of drug-likeness (QED) is 0.0213. The average Bonchev–Trinajstić information content (AvgIpc) is 3.51. The van der Waals surface area contributed by atoms with E-state index < -0.39 is 0 Å². The highest BCUT2D eigenvalue weighted by molar-refractivity contribution is 6.06. The summed E-state index contributed by atoms with van der Waals surface area (Å²) in [6, 6.07) is 34.1. The molecule has 0 bridgehead atoms. The van der Waals surface area contributed by atoms with Gasteiger partial charge in [-0.3, -0.25) is 0 Å². The summed E-state index contributed by atoms with van der Waals surface area (Å²) < 4.78 is 40.5. The van der Waals surface area contributed by atoms with Crippen molar-refractivity contribution in [2.24, 2.45) is 0 Å². The maximum Gasteiger partial charge on any atom is 0.135 e. The first-order valence-electron chi connectivity index (χ1n) is 31.2. The fourth-order valence-corrected chi connectivity index (χ4v) is 10.4. The molecule has 0 aliphatic carbocycles. The molecule has 0 saturated carbocycles. The lowest BCUT2D eigenvalue weighted by atomic mass is 9.94. The van der Waals surface area contributed by atoms with Gasteiger partial charge in [0.15, 0.2) is 0 Å². The van der Waals surface area contributed by atoms with Crippen molar-refractivity contribution >= 4 is 55.6 Å². The molecular formula is C72H94N2O6. The van der Waals surface area contributed by atoms with E-state index in [1.165, 1.54) is 0 Å². The smallest absolute Gasteiger partial charge is 0.135 e. The van der Waals surface area contributed by atoms with Crippen LogP contribution in [0.25, 0.3) is 55.6 Å². The topological polar surface area (TPSA) is 103 Å². The molecule has 6 aromatic rings. The van der Waals surface area contributed by atoms with E-state index in [0.717, 1.165) is 209 Å². The van der Waals surface area contributed by atoms with E-state index in [4.69, 9.17) is 28.4 Å². The summed E-state index contributed by atoms with van der Waals surface area (Å²) in [6.45, 7) is 16.6. The van der Waals surface area contributed by atoms with Gasteiger partial charge in [0.2, 0.25) is 0 Å². The molecular weight excluding hydrogens is 989 g/mol. The molecule has 0 unspecified atom stereocenters. The predicted molar refractivity (Wildman–Crippen MR) is 337 cm³/mol. The van der Waals surface area contributed by atoms with E-state index in [2.05, 4.69) is 102 Å². The first-order valence-corrected chi connectivity index (χ1v) is 31.2. The van der Waals surface area contributed by atoms with E-state index in [-0.39, 0.29) is 0 Å². The Hall–Kier alpha value is -6.64. The lowest BCUT2D eigenvalue weighted by molar-refractivity contribution is 0.301. The predicted octanol–water partition coefficient (Wildman–Crippen LogP) is 21.0. The zero-order valence-corrected chi connectivity index (χ0v) is 49.8. The Kier molecular flexibility index (Phi) is 28.0. The standard InChI is InChI=1S/C72H94N2O6/c1-7-13-19-29-41-75-67-49-55(47-57(53-73)64-51-68(76-42-30-20-14-8-2)59-35-25-27-37-62(59)71(64)79-45-33-23-17-11-5)48-66-61(67)40-39-56(70(66)78-44-32-22-16-10-4)50-58(54-74)65-52-69(77-43-31-21-15-9-3)60-36-26-28-38-63(60)72(65)80-46-34-24-18-12-6/h25-28,35-40,47-52H,7-24,29-34,41-46H2,1-6H3/b57-47+,58-50+. The summed E-state index contributed by atoms with van der Waals surface area (Å²) in [4.78, 5) is 0. The second-order valence-corrected chi connectivity index (χ2v) is 21.5. The molecule has 0 fully saturated rings. The molecule has 0 atom stereocenters. The van der Waals surface area contributed by atoms with Crippen LogP contribution in [-0.2, 0) is 0 Å². The Balaban J connectivity index is 1.57. The summed E-state index contributed by atoms with van der Waals surface area (Å²) in [6.07, 6.45) is 29.6. The number of ether oxygens (including phenoxy) is 6. The molecule has 80 heavy (non-hydrogen) atoms. The number of benzene rings is 6. The van der Waals surface area contributed by atoms with Crippen LogP contribution in [0.3, 0.4) is 0 Å². The molecule has 0 N–H and O–H groups in total. The Morgan fingerprint density at radius 3 is 1.06 bits per heavy atom. The summed E-state index contributed by atoms with van der Waals surface area (Å²) in [5, 5.41) is 28.2. The number of unbranched alkanes of at least 4 members (excludes halogenated alkanes) is 18. The Morgan fingerprint density at radius 1 is 0.338 bits per heavy atom. The molecule has 0 heterocycles. The lowest BCUT2D eigenvalue weighted by Crippen LogP contribution is -2.04. The summed E-state index contributed by atoms with van der Waals surface area (Å²) >= 11 is 0. The largest absolute Gasteiger partial charge is 0.493 e. The molecule has 0 amide bonds. The van der Waals surface area contributed by atoms with Crippen LogP contribution in [0.15, 0.2) is 84.9 Å². The van der Waals surface area contributed by atoms with Crippen LogP contribution in [0.1, 0.15) is 218 Å². The van der Waals surface area contributed by atoms with Crippen molar-refractivity contribution in [3.05, 3.63) is 107 Å². The normalized spacial score (nSPS) is 11.8. The molecule has 0 aliphatic heterocycles. The van der Waals surface area contributed by atoms with Gasteiger partial charge in [-0.25, -0.2) is 0 Å². The van der Waals surface area contributed by atoms with E-state index in [9.17, 15) is 10.5 Å². The van der Waals surface area contributed by atoms with Gasteiger partial charge in [-0.2, -0.15) is 10.5 Å². The maximum absolute atomic E-state index is 11.4.